The van der Waals surface area contributed by atoms with Gasteiger partial charge in [-0.3, -0.25) is 4.79 Å². The molecule has 5 nitrogen and oxygen atoms in total. The number of rotatable bonds is 6. The highest BCUT2D eigenvalue weighted by Gasteiger charge is 2.31. The molecule has 0 unspecified atom stereocenters. The van der Waals surface area contributed by atoms with Gasteiger partial charge in [0.1, 0.15) is 0 Å². The van der Waals surface area contributed by atoms with E-state index in [9.17, 15) is 9.59 Å². The molecule has 0 bridgehead atoms. The average Bonchev–Trinajstić information content (AvgIpc) is 3.01. The summed E-state index contributed by atoms with van der Waals surface area (Å²) in [4.78, 5) is 23.7. The Bertz CT molecular complexity index is 296. The maximum Gasteiger partial charge on any atom is 0.317 e. The minimum atomic E-state index is -0.778. The normalized spacial score (nSPS) is 19.9. The van der Waals surface area contributed by atoms with Crippen molar-refractivity contribution in [2.45, 2.75) is 32.1 Å². The second kappa shape index (κ2) is 5.38. The molecule has 0 aromatic rings. The molecule has 1 aliphatic heterocycles. The van der Waals surface area contributed by atoms with Gasteiger partial charge in [0.15, 0.2) is 0 Å². The Morgan fingerprint density at radius 3 is 2.53 bits per heavy atom. The molecule has 0 spiro atoms. The van der Waals surface area contributed by atoms with Gasteiger partial charge in [0.2, 0.25) is 0 Å². The van der Waals surface area contributed by atoms with Crippen molar-refractivity contribution in [3.05, 3.63) is 0 Å². The van der Waals surface area contributed by atoms with Crippen LogP contribution in [0.25, 0.3) is 0 Å². The number of carbonyl (C=O) groups is 2. The van der Waals surface area contributed by atoms with E-state index in [-0.39, 0.29) is 18.4 Å². The Morgan fingerprint density at radius 2 is 1.94 bits per heavy atom. The fourth-order valence-electron chi connectivity index (χ4n) is 2.22. The number of carboxylic acid groups (broad SMARTS) is 1. The number of hydrogen-bond acceptors (Lipinski definition) is 2. The molecule has 2 fully saturated rings. The van der Waals surface area contributed by atoms with Crippen LogP contribution in [0.5, 0.6) is 0 Å². The molecule has 1 saturated heterocycles. The van der Waals surface area contributed by atoms with E-state index >= 15 is 0 Å². The van der Waals surface area contributed by atoms with Gasteiger partial charge in [-0.1, -0.05) is 12.8 Å². The molecule has 1 heterocycles. The summed E-state index contributed by atoms with van der Waals surface area (Å²) in [5.74, 6) is 0.278. The molecule has 2 amide bonds. The number of carboxylic acids is 1. The first-order valence-corrected chi connectivity index (χ1v) is 6.39. The molecule has 17 heavy (non-hydrogen) atoms. The smallest absolute Gasteiger partial charge is 0.317 e. The third kappa shape index (κ3) is 3.91. The number of urea groups is 1. The lowest BCUT2D eigenvalue weighted by Gasteiger charge is -2.38. The third-order valence-corrected chi connectivity index (χ3v) is 3.47. The molecule has 2 aliphatic rings. The first-order chi connectivity index (χ1) is 8.15. The zero-order valence-electron chi connectivity index (χ0n) is 10.0. The molecule has 0 aromatic carbocycles. The molecular weight excluding hydrogens is 220 g/mol. The fourth-order valence-corrected chi connectivity index (χ4v) is 2.22. The second-order valence-electron chi connectivity index (χ2n) is 5.19. The van der Waals surface area contributed by atoms with Crippen LogP contribution in [0.15, 0.2) is 0 Å². The molecule has 2 rings (SSSR count). The van der Waals surface area contributed by atoms with Crippen LogP contribution >= 0.6 is 0 Å². The predicted octanol–water partition coefficient (Wildman–Crippen LogP) is 1.29. The molecular formula is C12H20N2O3. The van der Waals surface area contributed by atoms with Crippen LogP contribution < -0.4 is 5.32 Å². The topological polar surface area (TPSA) is 69.6 Å². The Kier molecular flexibility index (Phi) is 3.86. The molecule has 0 aromatic heterocycles. The van der Waals surface area contributed by atoms with Crippen LogP contribution in [-0.2, 0) is 4.79 Å². The lowest BCUT2D eigenvalue weighted by atomic mass is 9.97. The minimum Gasteiger partial charge on any atom is -0.481 e. The zero-order valence-corrected chi connectivity index (χ0v) is 10.0. The Hall–Kier alpha value is -1.26. The lowest BCUT2D eigenvalue weighted by molar-refractivity contribution is -0.139. The van der Waals surface area contributed by atoms with Crippen LogP contribution in [0.3, 0.4) is 0 Å². The van der Waals surface area contributed by atoms with Gasteiger partial charge < -0.3 is 15.3 Å². The third-order valence-electron chi connectivity index (χ3n) is 3.47. The summed E-state index contributed by atoms with van der Waals surface area (Å²) < 4.78 is 0. The van der Waals surface area contributed by atoms with Gasteiger partial charge in [0, 0.05) is 25.6 Å². The van der Waals surface area contributed by atoms with E-state index in [1.165, 1.54) is 19.3 Å². The highest BCUT2D eigenvalue weighted by atomic mass is 16.4. The van der Waals surface area contributed by atoms with Crippen molar-refractivity contribution in [3.63, 3.8) is 0 Å². The highest BCUT2D eigenvalue weighted by molar-refractivity contribution is 5.75. The van der Waals surface area contributed by atoms with E-state index in [4.69, 9.17) is 5.11 Å². The first-order valence-electron chi connectivity index (χ1n) is 6.39. The molecule has 5 heteroatoms. The minimum absolute atomic E-state index is 0.0394. The Balaban J connectivity index is 1.50. The van der Waals surface area contributed by atoms with Crippen molar-refractivity contribution in [2.24, 2.45) is 11.8 Å². The van der Waals surface area contributed by atoms with Crippen LogP contribution in [0, 0.1) is 11.8 Å². The number of hydrogen-bond donors (Lipinski definition) is 2. The van der Waals surface area contributed by atoms with Gasteiger partial charge in [-0.15, -0.1) is 0 Å². The van der Waals surface area contributed by atoms with Gasteiger partial charge in [-0.25, -0.2) is 4.79 Å². The predicted molar refractivity (Wildman–Crippen MR) is 62.7 cm³/mol. The highest BCUT2D eigenvalue weighted by Crippen LogP contribution is 2.33. The molecule has 0 atom stereocenters. The van der Waals surface area contributed by atoms with E-state index in [0.29, 0.717) is 13.1 Å². The second-order valence-corrected chi connectivity index (χ2v) is 5.19. The molecule has 1 aliphatic carbocycles. The van der Waals surface area contributed by atoms with Crippen molar-refractivity contribution in [1.29, 1.82) is 0 Å². The summed E-state index contributed by atoms with van der Waals surface area (Å²) in [6.07, 6.45) is 5.17. The lowest BCUT2D eigenvalue weighted by Crippen LogP contribution is -2.54. The van der Waals surface area contributed by atoms with E-state index in [1.807, 2.05) is 0 Å². The van der Waals surface area contributed by atoms with Crippen LogP contribution in [-0.4, -0.2) is 41.6 Å². The van der Waals surface area contributed by atoms with Crippen molar-refractivity contribution in [2.75, 3.05) is 19.6 Å². The molecule has 2 N–H and O–H groups in total. The van der Waals surface area contributed by atoms with Crippen LogP contribution in [0.4, 0.5) is 4.79 Å². The summed E-state index contributed by atoms with van der Waals surface area (Å²) in [7, 11) is 0. The van der Waals surface area contributed by atoms with Crippen molar-refractivity contribution in [3.8, 4) is 0 Å². The van der Waals surface area contributed by atoms with Crippen LogP contribution in [0.2, 0.25) is 0 Å². The number of likely N-dealkylation sites (tertiary alicyclic amines) is 1. The largest absolute Gasteiger partial charge is 0.481 e. The number of nitrogens with one attached hydrogen (secondary N) is 1. The van der Waals surface area contributed by atoms with Gasteiger partial charge in [0.05, 0.1) is 6.42 Å². The van der Waals surface area contributed by atoms with E-state index < -0.39 is 5.97 Å². The maximum atomic E-state index is 11.6. The van der Waals surface area contributed by atoms with Crippen molar-refractivity contribution >= 4 is 12.0 Å². The number of carbonyl (C=O) groups excluding carboxylic acids is 1. The SMILES string of the molecule is O=C(O)CC1CN(C(=O)NCCCC2CC2)C1. The summed E-state index contributed by atoms with van der Waals surface area (Å²) >= 11 is 0. The number of nitrogens with zero attached hydrogens (tertiary/aromatic N) is 1. The monoisotopic (exact) mass is 240 g/mol. The average molecular weight is 240 g/mol. The summed E-state index contributed by atoms with van der Waals surface area (Å²) in [6, 6.07) is -0.0394. The summed E-state index contributed by atoms with van der Waals surface area (Å²) in [5, 5.41) is 11.5. The van der Waals surface area contributed by atoms with E-state index in [1.54, 1.807) is 4.90 Å². The van der Waals surface area contributed by atoms with Crippen molar-refractivity contribution < 1.29 is 14.7 Å². The number of aliphatic carboxylic acids is 1. The van der Waals surface area contributed by atoms with E-state index in [0.717, 1.165) is 18.9 Å². The molecule has 1 saturated carbocycles. The van der Waals surface area contributed by atoms with Gasteiger partial charge in [-0.05, 0) is 18.8 Å². The molecule has 96 valence electrons. The summed E-state index contributed by atoms with van der Waals surface area (Å²) in [5.41, 5.74) is 0. The Morgan fingerprint density at radius 1 is 1.24 bits per heavy atom. The van der Waals surface area contributed by atoms with Crippen LogP contribution in [0.1, 0.15) is 32.1 Å². The van der Waals surface area contributed by atoms with Crippen molar-refractivity contribution in [1.82, 2.24) is 10.2 Å². The molecule has 0 radical (unpaired) electrons. The first kappa shape index (κ1) is 12.2. The van der Waals surface area contributed by atoms with Gasteiger partial charge in [-0.2, -0.15) is 0 Å². The van der Waals surface area contributed by atoms with E-state index in [2.05, 4.69) is 5.32 Å². The van der Waals surface area contributed by atoms with Gasteiger partial charge in [0.25, 0.3) is 0 Å². The zero-order chi connectivity index (χ0) is 12.3. The number of amides is 2. The fraction of sp³-hybridized carbons (Fsp3) is 0.833. The van der Waals surface area contributed by atoms with Gasteiger partial charge >= 0.3 is 12.0 Å². The standard InChI is InChI=1S/C12H20N2O3/c15-11(16)6-10-7-14(8-10)12(17)13-5-1-2-9-3-4-9/h9-10H,1-8H2,(H,13,17)(H,15,16). The summed E-state index contributed by atoms with van der Waals surface area (Å²) in [6.45, 7) is 1.91. The quantitative estimate of drug-likeness (QED) is 0.687. The maximum absolute atomic E-state index is 11.6. The Labute approximate surface area is 101 Å².